The number of aromatic nitrogens is 6. The summed E-state index contributed by atoms with van der Waals surface area (Å²) in [4.78, 5) is 24.7. The van der Waals surface area contributed by atoms with Crippen molar-refractivity contribution < 1.29 is 4.74 Å². The minimum absolute atomic E-state index is 0.0729. The molecule has 0 fully saturated rings. The first-order valence-corrected chi connectivity index (χ1v) is 8.13. The molecular formula is C17H13ClN6O2. The van der Waals surface area contributed by atoms with E-state index in [4.69, 9.17) is 16.3 Å². The zero-order valence-electron chi connectivity index (χ0n) is 13.7. The van der Waals surface area contributed by atoms with Gasteiger partial charge in [-0.3, -0.25) is 9.78 Å². The molecule has 0 bridgehead atoms. The van der Waals surface area contributed by atoms with Crippen LogP contribution in [0.25, 0.3) is 5.78 Å². The Labute approximate surface area is 152 Å². The van der Waals surface area contributed by atoms with Crippen molar-refractivity contribution in [2.75, 3.05) is 0 Å². The largest absolute Gasteiger partial charge is 0.422 e. The normalized spacial score (nSPS) is 11.0. The first kappa shape index (κ1) is 16.2. The topological polar surface area (TPSA) is 87.2 Å². The standard InChI is InChI=1S/C17H13ClN6O2/c1-11-7-15(25)24-17(23(11)10-12-4-5-14(18)20-8-12)21-16(22-24)26-13-3-2-6-19-9-13/h2-9H,10H2,1H3. The summed E-state index contributed by atoms with van der Waals surface area (Å²) in [6, 6.07) is 8.62. The van der Waals surface area contributed by atoms with Gasteiger partial charge in [0.15, 0.2) is 0 Å². The smallest absolute Gasteiger partial charge is 0.343 e. The molecule has 0 aromatic carbocycles. The van der Waals surface area contributed by atoms with Crippen molar-refractivity contribution in [3.63, 3.8) is 0 Å². The van der Waals surface area contributed by atoms with E-state index < -0.39 is 0 Å². The van der Waals surface area contributed by atoms with Gasteiger partial charge in [-0.1, -0.05) is 17.7 Å². The van der Waals surface area contributed by atoms with Gasteiger partial charge in [0.1, 0.15) is 10.9 Å². The quantitative estimate of drug-likeness (QED) is 0.514. The lowest BCUT2D eigenvalue weighted by molar-refractivity contribution is 0.440. The predicted molar refractivity (Wildman–Crippen MR) is 94.6 cm³/mol. The van der Waals surface area contributed by atoms with E-state index >= 15 is 0 Å². The van der Waals surface area contributed by atoms with Crippen LogP contribution < -0.4 is 10.3 Å². The monoisotopic (exact) mass is 368 g/mol. The number of aryl methyl sites for hydroxylation is 1. The van der Waals surface area contributed by atoms with E-state index in [9.17, 15) is 4.79 Å². The van der Waals surface area contributed by atoms with Crippen LogP contribution >= 0.6 is 11.6 Å². The number of rotatable bonds is 4. The van der Waals surface area contributed by atoms with E-state index in [2.05, 4.69) is 20.1 Å². The highest BCUT2D eigenvalue weighted by molar-refractivity contribution is 6.29. The second-order valence-electron chi connectivity index (χ2n) is 5.60. The summed E-state index contributed by atoms with van der Waals surface area (Å²) in [7, 11) is 0. The van der Waals surface area contributed by atoms with Crippen LogP contribution in [-0.2, 0) is 6.54 Å². The Bertz CT molecular complexity index is 1120. The van der Waals surface area contributed by atoms with Gasteiger partial charge in [0.2, 0.25) is 5.78 Å². The van der Waals surface area contributed by atoms with Crippen molar-refractivity contribution >= 4 is 17.4 Å². The number of hydrogen-bond donors (Lipinski definition) is 0. The molecule has 0 saturated carbocycles. The van der Waals surface area contributed by atoms with Crippen LogP contribution in [-0.4, -0.2) is 29.1 Å². The molecular weight excluding hydrogens is 356 g/mol. The van der Waals surface area contributed by atoms with Gasteiger partial charge >= 0.3 is 6.01 Å². The Kier molecular flexibility index (Phi) is 4.10. The maximum Gasteiger partial charge on any atom is 0.343 e. The predicted octanol–water partition coefficient (Wildman–Crippen LogP) is 2.48. The molecule has 0 N–H and O–H groups in total. The SMILES string of the molecule is Cc1cc(=O)n2nc(Oc3cccnc3)nc2n1Cc1ccc(Cl)nc1. The van der Waals surface area contributed by atoms with Crippen LogP contribution in [0.2, 0.25) is 5.15 Å². The third kappa shape index (κ3) is 3.14. The van der Waals surface area contributed by atoms with Crippen LogP contribution in [0.15, 0.2) is 53.7 Å². The molecule has 0 radical (unpaired) electrons. The second kappa shape index (κ2) is 6.57. The summed E-state index contributed by atoms with van der Waals surface area (Å²) < 4.78 is 8.66. The fourth-order valence-electron chi connectivity index (χ4n) is 2.52. The van der Waals surface area contributed by atoms with Gasteiger partial charge < -0.3 is 9.30 Å². The zero-order chi connectivity index (χ0) is 18.1. The number of pyridine rings is 2. The lowest BCUT2D eigenvalue weighted by atomic mass is 10.3. The molecule has 0 atom stereocenters. The fraction of sp³-hybridized carbons (Fsp3) is 0.118. The summed E-state index contributed by atoms with van der Waals surface area (Å²) in [6.45, 7) is 2.30. The van der Waals surface area contributed by atoms with Crippen LogP contribution in [0, 0.1) is 6.92 Å². The lowest BCUT2D eigenvalue weighted by Crippen LogP contribution is -2.20. The third-order valence-corrected chi connectivity index (χ3v) is 3.98. The molecule has 4 rings (SSSR count). The Morgan fingerprint density at radius 2 is 2.12 bits per heavy atom. The van der Waals surface area contributed by atoms with Gasteiger partial charge in [-0.05, 0) is 30.7 Å². The Hall–Kier alpha value is -3.26. The van der Waals surface area contributed by atoms with Crippen molar-refractivity contribution in [3.8, 4) is 11.8 Å². The maximum atomic E-state index is 12.3. The van der Waals surface area contributed by atoms with Crippen molar-refractivity contribution in [1.82, 2.24) is 29.1 Å². The summed E-state index contributed by atoms with van der Waals surface area (Å²) in [5, 5.41) is 4.57. The van der Waals surface area contributed by atoms with E-state index in [1.165, 1.54) is 10.6 Å². The second-order valence-corrected chi connectivity index (χ2v) is 5.98. The average molecular weight is 369 g/mol. The molecule has 4 heterocycles. The van der Waals surface area contributed by atoms with Crippen LogP contribution in [0.3, 0.4) is 0 Å². The maximum absolute atomic E-state index is 12.3. The van der Waals surface area contributed by atoms with Crippen LogP contribution in [0.4, 0.5) is 0 Å². The van der Waals surface area contributed by atoms with Crippen molar-refractivity contribution in [2.24, 2.45) is 0 Å². The highest BCUT2D eigenvalue weighted by atomic mass is 35.5. The number of ether oxygens (including phenoxy) is 1. The highest BCUT2D eigenvalue weighted by Gasteiger charge is 2.14. The lowest BCUT2D eigenvalue weighted by Gasteiger charge is -2.11. The Morgan fingerprint density at radius 1 is 1.23 bits per heavy atom. The number of hydrogen-bond acceptors (Lipinski definition) is 6. The molecule has 0 spiro atoms. The van der Waals surface area contributed by atoms with Gasteiger partial charge in [-0.25, -0.2) is 4.98 Å². The third-order valence-electron chi connectivity index (χ3n) is 3.75. The van der Waals surface area contributed by atoms with Gasteiger partial charge in [0, 0.05) is 24.2 Å². The van der Waals surface area contributed by atoms with E-state index in [1.807, 2.05) is 17.6 Å². The van der Waals surface area contributed by atoms with Gasteiger partial charge in [0.25, 0.3) is 5.56 Å². The van der Waals surface area contributed by atoms with Gasteiger partial charge in [-0.15, -0.1) is 5.10 Å². The van der Waals surface area contributed by atoms with E-state index in [0.717, 1.165) is 11.3 Å². The molecule has 0 aliphatic heterocycles. The zero-order valence-corrected chi connectivity index (χ0v) is 14.5. The Morgan fingerprint density at radius 3 is 2.85 bits per heavy atom. The first-order chi connectivity index (χ1) is 12.6. The summed E-state index contributed by atoms with van der Waals surface area (Å²) in [6.07, 6.45) is 4.86. The Balaban J connectivity index is 1.77. The number of fused-ring (bicyclic) bond motifs is 1. The van der Waals surface area contributed by atoms with Crippen molar-refractivity contribution in [3.05, 3.63) is 75.7 Å². The molecule has 0 aliphatic carbocycles. The summed E-state index contributed by atoms with van der Waals surface area (Å²) in [5.74, 6) is 0.866. The molecule has 0 aliphatic rings. The van der Waals surface area contributed by atoms with E-state index in [1.54, 1.807) is 36.8 Å². The van der Waals surface area contributed by atoms with Crippen molar-refractivity contribution in [1.29, 1.82) is 0 Å². The molecule has 130 valence electrons. The highest BCUT2D eigenvalue weighted by Crippen LogP contribution is 2.17. The van der Waals surface area contributed by atoms with E-state index in [-0.39, 0.29) is 11.6 Å². The van der Waals surface area contributed by atoms with Gasteiger partial charge in [0.05, 0.1) is 12.7 Å². The molecule has 4 aromatic rings. The summed E-state index contributed by atoms with van der Waals surface area (Å²) >= 11 is 5.83. The molecule has 26 heavy (non-hydrogen) atoms. The van der Waals surface area contributed by atoms with Crippen LogP contribution in [0.5, 0.6) is 11.8 Å². The van der Waals surface area contributed by atoms with Gasteiger partial charge in [-0.2, -0.15) is 9.50 Å². The molecule has 4 aromatic heterocycles. The minimum atomic E-state index is -0.281. The molecule has 9 heteroatoms. The fourth-order valence-corrected chi connectivity index (χ4v) is 2.63. The summed E-state index contributed by atoms with van der Waals surface area (Å²) in [5.41, 5.74) is 1.38. The van der Waals surface area contributed by atoms with Crippen molar-refractivity contribution in [2.45, 2.75) is 13.5 Å². The first-order valence-electron chi connectivity index (χ1n) is 7.76. The molecule has 0 amide bonds. The minimum Gasteiger partial charge on any atom is -0.422 e. The number of nitrogens with zero attached hydrogens (tertiary/aromatic N) is 6. The average Bonchev–Trinajstić information content (AvgIpc) is 3.05. The molecule has 0 saturated heterocycles. The number of halogens is 1. The van der Waals surface area contributed by atoms with E-state index in [0.29, 0.717) is 23.2 Å². The van der Waals surface area contributed by atoms with Crippen LogP contribution in [0.1, 0.15) is 11.3 Å². The molecule has 0 unspecified atom stereocenters. The molecule has 8 nitrogen and oxygen atoms in total.